The summed E-state index contributed by atoms with van der Waals surface area (Å²) in [5, 5.41) is 0. The number of hydrogen-bond donors (Lipinski definition) is 0. The van der Waals surface area contributed by atoms with Gasteiger partial charge in [-0.05, 0) is 70.2 Å². The van der Waals surface area contributed by atoms with Gasteiger partial charge in [-0.25, -0.2) is 4.79 Å². The van der Waals surface area contributed by atoms with Crippen LogP contribution in [0, 0.1) is 6.92 Å². The predicted molar refractivity (Wildman–Crippen MR) is 126 cm³/mol. The zero-order chi connectivity index (χ0) is 22.7. The number of para-hydroxylation sites is 2. The lowest BCUT2D eigenvalue weighted by molar-refractivity contribution is 0.00290. The highest BCUT2D eigenvalue weighted by Crippen LogP contribution is 2.26. The van der Waals surface area contributed by atoms with E-state index in [4.69, 9.17) is 14.5 Å². The third kappa shape index (κ3) is 5.06. The average molecular weight is 436 g/mol. The lowest BCUT2D eigenvalue weighted by Crippen LogP contribution is -2.48. The minimum Gasteiger partial charge on any atom is -0.462 e. The molecule has 0 saturated carbocycles. The molecule has 3 aromatic rings. The van der Waals surface area contributed by atoms with Gasteiger partial charge in [-0.2, -0.15) is 4.98 Å². The number of carbonyl (C=O) groups is 1. The number of aromatic nitrogens is 2. The van der Waals surface area contributed by atoms with E-state index < -0.39 is 5.60 Å². The number of aryl methyl sites for hydroxylation is 1. The highest BCUT2D eigenvalue weighted by molar-refractivity contribution is 5.76. The van der Waals surface area contributed by atoms with E-state index in [0.717, 1.165) is 30.3 Å². The van der Waals surface area contributed by atoms with E-state index in [9.17, 15) is 4.79 Å². The van der Waals surface area contributed by atoms with Gasteiger partial charge in [0, 0.05) is 6.54 Å². The summed E-state index contributed by atoms with van der Waals surface area (Å²) >= 11 is 0. The van der Waals surface area contributed by atoms with Crippen molar-refractivity contribution in [1.82, 2.24) is 14.5 Å². The molecule has 0 spiro atoms. The molecule has 1 atom stereocenters. The van der Waals surface area contributed by atoms with Crippen molar-refractivity contribution in [3.8, 4) is 6.01 Å². The number of imidazole rings is 1. The maximum Gasteiger partial charge on any atom is 0.410 e. The molecule has 1 fully saturated rings. The van der Waals surface area contributed by atoms with E-state index in [-0.39, 0.29) is 12.1 Å². The van der Waals surface area contributed by atoms with Crippen LogP contribution >= 0.6 is 0 Å². The van der Waals surface area contributed by atoms with Crippen molar-refractivity contribution in [2.24, 2.45) is 0 Å². The van der Waals surface area contributed by atoms with Crippen molar-refractivity contribution in [1.29, 1.82) is 0 Å². The number of fused-ring (bicyclic) bond motifs is 1. The molecule has 4 rings (SSSR count). The molecule has 1 aromatic heterocycles. The predicted octanol–water partition coefficient (Wildman–Crippen LogP) is 5.56. The number of ether oxygens (including phenoxy) is 2. The molecule has 1 saturated heterocycles. The van der Waals surface area contributed by atoms with Gasteiger partial charge in [-0.1, -0.05) is 36.4 Å². The van der Waals surface area contributed by atoms with Crippen molar-refractivity contribution in [2.45, 2.75) is 65.1 Å². The molecule has 6 nitrogen and oxygen atoms in total. The normalized spacial score (nSPS) is 16.9. The van der Waals surface area contributed by atoms with Crippen LogP contribution in [-0.2, 0) is 11.3 Å². The monoisotopic (exact) mass is 435 g/mol. The summed E-state index contributed by atoms with van der Waals surface area (Å²) in [6.45, 7) is 9.59. The third-order valence-electron chi connectivity index (χ3n) is 5.87. The molecule has 170 valence electrons. The smallest absolute Gasteiger partial charge is 0.410 e. The molecular formula is C26H33N3O3. The molecule has 2 aromatic carbocycles. The second-order valence-electron chi connectivity index (χ2n) is 9.53. The first-order valence-electron chi connectivity index (χ1n) is 11.4. The molecule has 1 amide bonds. The standard InChI is InChI=1S/C26H33N3O3/c1-19-11-5-6-12-20(19)17-29-23-15-8-7-14-22(23)27-24(29)31-18-21-13-9-10-16-28(21)25(30)32-26(2,3)4/h5-8,11-12,14-15,21H,9-10,13,16-18H2,1-4H3/t21-/m0/s1. The van der Waals surface area contributed by atoms with E-state index >= 15 is 0 Å². The average Bonchev–Trinajstić information content (AvgIpc) is 3.10. The Hall–Kier alpha value is -3.02. The summed E-state index contributed by atoms with van der Waals surface area (Å²) in [4.78, 5) is 19.3. The van der Waals surface area contributed by atoms with Gasteiger partial charge in [0.15, 0.2) is 0 Å². The number of likely N-dealkylation sites (tertiary alicyclic amines) is 1. The van der Waals surface area contributed by atoms with Crippen molar-refractivity contribution < 1.29 is 14.3 Å². The lowest BCUT2D eigenvalue weighted by atomic mass is 10.0. The molecule has 0 bridgehead atoms. The van der Waals surface area contributed by atoms with Crippen LogP contribution < -0.4 is 4.74 Å². The number of amides is 1. The van der Waals surface area contributed by atoms with Crippen LogP contribution in [0.5, 0.6) is 6.01 Å². The number of piperidine rings is 1. The van der Waals surface area contributed by atoms with E-state index in [1.807, 2.05) is 43.9 Å². The van der Waals surface area contributed by atoms with E-state index in [1.165, 1.54) is 11.1 Å². The summed E-state index contributed by atoms with van der Waals surface area (Å²) in [6.07, 6.45) is 2.70. The summed E-state index contributed by atoms with van der Waals surface area (Å²) < 4.78 is 14.0. The van der Waals surface area contributed by atoms with E-state index in [1.54, 1.807) is 0 Å². The summed E-state index contributed by atoms with van der Waals surface area (Å²) in [5.41, 5.74) is 3.90. The Morgan fingerprint density at radius 2 is 1.84 bits per heavy atom. The highest BCUT2D eigenvalue weighted by Gasteiger charge is 2.31. The van der Waals surface area contributed by atoms with Gasteiger partial charge in [0.2, 0.25) is 0 Å². The first-order chi connectivity index (χ1) is 15.3. The van der Waals surface area contributed by atoms with Crippen molar-refractivity contribution in [2.75, 3.05) is 13.2 Å². The minimum atomic E-state index is -0.512. The van der Waals surface area contributed by atoms with Crippen molar-refractivity contribution in [3.63, 3.8) is 0 Å². The fraction of sp³-hybridized carbons (Fsp3) is 0.462. The van der Waals surface area contributed by atoms with Crippen molar-refractivity contribution in [3.05, 3.63) is 59.7 Å². The maximum absolute atomic E-state index is 12.7. The van der Waals surface area contributed by atoms with Gasteiger partial charge in [0.05, 0.1) is 23.6 Å². The highest BCUT2D eigenvalue weighted by atomic mass is 16.6. The molecule has 0 N–H and O–H groups in total. The Labute approximate surface area is 190 Å². The first-order valence-corrected chi connectivity index (χ1v) is 11.4. The number of benzene rings is 2. The first kappa shape index (κ1) is 22.2. The molecule has 1 aliphatic rings. The number of rotatable bonds is 5. The van der Waals surface area contributed by atoms with E-state index in [2.05, 4.69) is 41.8 Å². The van der Waals surface area contributed by atoms with Gasteiger partial charge in [-0.3, -0.25) is 4.57 Å². The van der Waals surface area contributed by atoms with Gasteiger partial charge >= 0.3 is 6.09 Å². The second-order valence-corrected chi connectivity index (χ2v) is 9.53. The fourth-order valence-corrected chi connectivity index (χ4v) is 4.18. The largest absolute Gasteiger partial charge is 0.462 e. The summed E-state index contributed by atoms with van der Waals surface area (Å²) in [6, 6.07) is 17.0. The Kier molecular flexibility index (Phi) is 6.40. The topological polar surface area (TPSA) is 56.6 Å². The molecular weight excluding hydrogens is 402 g/mol. The summed E-state index contributed by atoms with van der Waals surface area (Å²) in [5.74, 6) is 0. The van der Waals surface area contributed by atoms with Crippen LogP contribution in [0.1, 0.15) is 51.2 Å². The second kappa shape index (κ2) is 9.23. The zero-order valence-corrected chi connectivity index (χ0v) is 19.5. The SMILES string of the molecule is Cc1ccccc1Cn1c(OC[C@@H]2CCCCN2C(=O)OC(C)(C)C)nc2ccccc21. The molecule has 1 aliphatic heterocycles. The van der Waals surface area contributed by atoms with Crippen LogP contribution in [0.15, 0.2) is 48.5 Å². The molecule has 2 heterocycles. The number of hydrogen-bond acceptors (Lipinski definition) is 4. The van der Waals surface area contributed by atoms with E-state index in [0.29, 0.717) is 25.7 Å². The molecule has 32 heavy (non-hydrogen) atoms. The fourth-order valence-electron chi connectivity index (χ4n) is 4.18. The Morgan fingerprint density at radius 3 is 2.62 bits per heavy atom. The third-order valence-corrected chi connectivity index (χ3v) is 5.87. The summed E-state index contributed by atoms with van der Waals surface area (Å²) in [7, 11) is 0. The van der Waals surface area contributed by atoms with Crippen LogP contribution in [0.4, 0.5) is 4.79 Å². The number of carbonyl (C=O) groups excluding carboxylic acids is 1. The Morgan fingerprint density at radius 1 is 1.09 bits per heavy atom. The van der Waals surface area contributed by atoms with Gasteiger partial charge in [-0.15, -0.1) is 0 Å². The quantitative estimate of drug-likeness (QED) is 0.526. The van der Waals surface area contributed by atoms with Crippen LogP contribution in [0.3, 0.4) is 0 Å². The Balaban J connectivity index is 1.56. The van der Waals surface area contributed by atoms with Crippen LogP contribution in [-0.4, -0.2) is 45.3 Å². The molecule has 0 radical (unpaired) electrons. The molecule has 0 unspecified atom stereocenters. The lowest BCUT2D eigenvalue weighted by Gasteiger charge is -2.36. The van der Waals surface area contributed by atoms with Gasteiger partial charge in [0.1, 0.15) is 12.2 Å². The Bertz CT molecular complexity index is 1080. The van der Waals surface area contributed by atoms with Gasteiger partial charge < -0.3 is 14.4 Å². The van der Waals surface area contributed by atoms with Gasteiger partial charge in [0.25, 0.3) is 6.01 Å². The molecule has 0 aliphatic carbocycles. The van der Waals surface area contributed by atoms with Crippen LogP contribution in [0.2, 0.25) is 0 Å². The maximum atomic E-state index is 12.7. The van der Waals surface area contributed by atoms with Crippen molar-refractivity contribution >= 4 is 17.1 Å². The van der Waals surface area contributed by atoms with Crippen LogP contribution in [0.25, 0.3) is 11.0 Å². The zero-order valence-electron chi connectivity index (χ0n) is 19.5. The molecule has 6 heteroatoms. The minimum absolute atomic E-state index is 0.0228. The number of nitrogens with zero attached hydrogens (tertiary/aromatic N) is 3.